The normalized spacial score (nSPS) is 9.71. The maximum absolute atomic E-state index is 8.56. The van der Waals surface area contributed by atoms with Crippen LogP contribution in [0.1, 0.15) is 25.6 Å². The molecule has 0 saturated carbocycles. The van der Waals surface area contributed by atoms with Gasteiger partial charge in [0, 0.05) is 6.42 Å². The van der Waals surface area contributed by atoms with E-state index in [1.54, 1.807) is 0 Å². The zero-order valence-corrected chi connectivity index (χ0v) is 9.68. The molecule has 5 nitrogen and oxygen atoms in total. The van der Waals surface area contributed by atoms with Crippen LogP contribution in [0.5, 0.6) is 0 Å². The molecule has 1 aromatic carbocycles. The van der Waals surface area contributed by atoms with Gasteiger partial charge in [-0.2, -0.15) is 0 Å². The SMILES string of the molecule is CCCCc1nc2ccccc2[nH]1.O=C(O)O. The highest BCUT2D eigenvalue weighted by Gasteiger charge is 1.99. The van der Waals surface area contributed by atoms with Gasteiger partial charge in [0.05, 0.1) is 11.0 Å². The van der Waals surface area contributed by atoms with Gasteiger partial charge in [-0.1, -0.05) is 25.5 Å². The third-order valence-corrected chi connectivity index (χ3v) is 2.21. The van der Waals surface area contributed by atoms with E-state index >= 15 is 0 Å². The van der Waals surface area contributed by atoms with E-state index < -0.39 is 6.16 Å². The summed E-state index contributed by atoms with van der Waals surface area (Å²) in [5.41, 5.74) is 2.22. The number of hydrogen-bond donors (Lipinski definition) is 3. The third kappa shape index (κ3) is 4.55. The van der Waals surface area contributed by atoms with Crippen molar-refractivity contribution in [1.29, 1.82) is 0 Å². The number of fused-ring (bicyclic) bond motifs is 1. The second-order valence-electron chi connectivity index (χ2n) is 3.59. The molecule has 0 spiro atoms. The standard InChI is InChI=1S/C11H14N2.CH2O3/c1-2-3-8-11-12-9-6-4-5-7-10(9)13-11;2-1(3)4/h4-7H,2-3,8H2,1H3,(H,12,13);(H2,2,3,4). The summed E-state index contributed by atoms with van der Waals surface area (Å²) in [6.45, 7) is 2.20. The Morgan fingerprint density at radius 2 is 2.00 bits per heavy atom. The zero-order chi connectivity index (χ0) is 12.7. The van der Waals surface area contributed by atoms with Crippen molar-refractivity contribution in [3.05, 3.63) is 30.1 Å². The molecule has 0 aliphatic rings. The number of carbonyl (C=O) groups is 1. The summed E-state index contributed by atoms with van der Waals surface area (Å²) < 4.78 is 0. The molecule has 0 unspecified atom stereocenters. The lowest BCUT2D eigenvalue weighted by Gasteiger charge is -1.90. The van der Waals surface area contributed by atoms with Crippen molar-refractivity contribution < 1.29 is 15.0 Å². The van der Waals surface area contributed by atoms with E-state index in [1.807, 2.05) is 18.2 Å². The highest BCUT2D eigenvalue weighted by molar-refractivity contribution is 5.74. The number of unbranched alkanes of at least 4 members (excludes halogenated alkanes) is 1. The number of hydrogen-bond acceptors (Lipinski definition) is 2. The van der Waals surface area contributed by atoms with Crippen LogP contribution in [0.4, 0.5) is 4.79 Å². The predicted octanol–water partition coefficient (Wildman–Crippen LogP) is 3.13. The minimum absolute atomic E-state index is 1.06. The Morgan fingerprint density at radius 3 is 2.59 bits per heavy atom. The first-order valence-corrected chi connectivity index (χ1v) is 5.49. The van der Waals surface area contributed by atoms with E-state index in [2.05, 4.69) is 23.0 Å². The molecule has 17 heavy (non-hydrogen) atoms. The van der Waals surface area contributed by atoms with Crippen molar-refractivity contribution in [3.8, 4) is 0 Å². The van der Waals surface area contributed by atoms with Crippen molar-refractivity contribution >= 4 is 17.2 Å². The summed E-state index contributed by atoms with van der Waals surface area (Å²) >= 11 is 0. The Bertz CT molecular complexity index is 442. The summed E-state index contributed by atoms with van der Waals surface area (Å²) in [5.74, 6) is 1.11. The van der Waals surface area contributed by atoms with Gasteiger partial charge < -0.3 is 15.2 Å². The Morgan fingerprint density at radius 1 is 1.35 bits per heavy atom. The van der Waals surface area contributed by atoms with Crippen LogP contribution in [0.15, 0.2) is 24.3 Å². The Balaban J connectivity index is 0.000000317. The summed E-state index contributed by atoms with van der Waals surface area (Å²) in [5, 5.41) is 13.9. The van der Waals surface area contributed by atoms with Crippen molar-refractivity contribution in [1.82, 2.24) is 9.97 Å². The maximum atomic E-state index is 8.56. The monoisotopic (exact) mass is 236 g/mol. The van der Waals surface area contributed by atoms with E-state index in [0.29, 0.717) is 0 Å². The molecule has 0 fully saturated rings. The second-order valence-corrected chi connectivity index (χ2v) is 3.59. The molecule has 92 valence electrons. The van der Waals surface area contributed by atoms with Crippen molar-refractivity contribution in [2.24, 2.45) is 0 Å². The smallest absolute Gasteiger partial charge is 0.450 e. The lowest BCUT2D eigenvalue weighted by molar-refractivity contribution is 0.137. The van der Waals surface area contributed by atoms with Gasteiger partial charge in [-0.05, 0) is 18.6 Å². The first kappa shape index (κ1) is 13.0. The van der Waals surface area contributed by atoms with Crippen LogP contribution in [0.2, 0.25) is 0 Å². The second kappa shape index (κ2) is 6.52. The number of carboxylic acid groups (broad SMARTS) is 2. The molecule has 1 heterocycles. The molecule has 0 atom stereocenters. The number of rotatable bonds is 3. The minimum atomic E-state index is -1.83. The molecule has 5 heteroatoms. The number of H-pyrrole nitrogens is 1. The van der Waals surface area contributed by atoms with Gasteiger partial charge in [-0.15, -0.1) is 0 Å². The van der Waals surface area contributed by atoms with Crippen LogP contribution in [-0.2, 0) is 6.42 Å². The van der Waals surface area contributed by atoms with E-state index in [1.165, 1.54) is 12.8 Å². The molecule has 2 rings (SSSR count). The number of benzene rings is 1. The van der Waals surface area contributed by atoms with Crippen molar-refractivity contribution in [2.45, 2.75) is 26.2 Å². The molecule has 0 aliphatic carbocycles. The van der Waals surface area contributed by atoms with Crippen molar-refractivity contribution in [2.75, 3.05) is 0 Å². The molecule has 1 aromatic heterocycles. The first-order valence-electron chi connectivity index (χ1n) is 5.49. The van der Waals surface area contributed by atoms with Gasteiger partial charge in [-0.3, -0.25) is 0 Å². The molecule has 0 bridgehead atoms. The fraction of sp³-hybridized carbons (Fsp3) is 0.333. The summed E-state index contributed by atoms with van der Waals surface area (Å²) in [7, 11) is 0. The third-order valence-electron chi connectivity index (χ3n) is 2.21. The number of nitrogens with zero attached hydrogens (tertiary/aromatic N) is 1. The average molecular weight is 236 g/mol. The van der Waals surface area contributed by atoms with Crippen LogP contribution in [0, 0.1) is 0 Å². The summed E-state index contributed by atoms with van der Waals surface area (Å²) in [6, 6.07) is 8.16. The van der Waals surface area contributed by atoms with Gasteiger partial charge in [0.1, 0.15) is 5.82 Å². The molecular formula is C12H16N2O3. The highest BCUT2D eigenvalue weighted by atomic mass is 16.6. The number of aromatic amines is 1. The molecule has 0 radical (unpaired) electrons. The highest BCUT2D eigenvalue weighted by Crippen LogP contribution is 2.11. The number of aryl methyl sites for hydroxylation is 1. The lowest BCUT2D eigenvalue weighted by atomic mass is 10.2. The Hall–Kier alpha value is -2.04. The molecule has 0 aliphatic heterocycles. The fourth-order valence-electron chi connectivity index (χ4n) is 1.47. The van der Waals surface area contributed by atoms with Crippen LogP contribution in [-0.4, -0.2) is 26.3 Å². The molecule has 2 aromatic rings. The van der Waals surface area contributed by atoms with Crippen LogP contribution in [0.3, 0.4) is 0 Å². The van der Waals surface area contributed by atoms with Gasteiger partial charge in [0.25, 0.3) is 0 Å². The summed E-state index contributed by atoms with van der Waals surface area (Å²) in [4.78, 5) is 16.4. The number of imidazole rings is 1. The predicted molar refractivity (Wildman–Crippen MR) is 65.4 cm³/mol. The maximum Gasteiger partial charge on any atom is 0.503 e. The number of nitrogens with one attached hydrogen (secondary N) is 1. The van der Waals surface area contributed by atoms with E-state index in [0.717, 1.165) is 23.3 Å². The Kier molecular flexibility index (Phi) is 5.00. The van der Waals surface area contributed by atoms with Gasteiger partial charge in [0.15, 0.2) is 0 Å². The van der Waals surface area contributed by atoms with Crippen molar-refractivity contribution in [3.63, 3.8) is 0 Å². The number of para-hydroxylation sites is 2. The Labute approximate surface area is 99.1 Å². The van der Waals surface area contributed by atoms with Gasteiger partial charge >= 0.3 is 6.16 Å². The molecule has 0 saturated heterocycles. The molecule has 0 amide bonds. The first-order chi connectivity index (χ1) is 8.13. The zero-order valence-electron chi connectivity index (χ0n) is 9.68. The molecular weight excluding hydrogens is 220 g/mol. The largest absolute Gasteiger partial charge is 0.503 e. The minimum Gasteiger partial charge on any atom is -0.450 e. The molecule has 3 N–H and O–H groups in total. The average Bonchev–Trinajstić information content (AvgIpc) is 2.68. The lowest BCUT2D eigenvalue weighted by Crippen LogP contribution is -1.86. The summed E-state index contributed by atoms with van der Waals surface area (Å²) in [6.07, 6.45) is 1.65. The topological polar surface area (TPSA) is 86.2 Å². The van der Waals surface area contributed by atoms with Crippen LogP contribution in [0.25, 0.3) is 11.0 Å². The quantitative estimate of drug-likeness (QED) is 0.764. The van der Waals surface area contributed by atoms with Crippen LogP contribution < -0.4 is 0 Å². The fourth-order valence-corrected chi connectivity index (χ4v) is 1.47. The van der Waals surface area contributed by atoms with E-state index in [-0.39, 0.29) is 0 Å². The van der Waals surface area contributed by atoms with Gasteiger partial charge in [0.2, 0.25) is 0 Å². The van der Waals surface area contributed by atoms with E-state index in [9.17, 15) is 0 Å². The van der Waals surface area contributed by atoms with Gasteiger partial charge in [-0.25, -0.2) is 9.78 Å². The van der Waals surface area contributed by atoms with Crippen LogP contribution >= 0.6 is 0 Å². The number of aromatic nitrogens is 2. The van der Waals surface area contributed by atoms with E-state index in [4.69, 9.17) is 15.0 Å².